The van der Waals surface area contributed by atoms with Gasteiger partial charge in [-0.05, 0) is 55.3 Å². The fourth-order valence-electron chi connectivity index (χ4n) is 1.92. The predicted molar refractivity (Wildman–Crippen MR) is 89.9 cm³/mol. The van der Waals surface area contributed by atoms with Gasteiger partial charge in [-0.15, -0.1) is 0 Å². The van der Waals surface area contributed by atoms with E-state index in [-0.39, 0.29) is 11.7 Å². The van der Waals surface area contributed by atoms with E-state index in [0.29, 0.717) is 34.5 Å². The van der Waals surface area contributed by atoms with Gasteiger partial charge >= 0.3 is 0 Å². The largest absolute Gasteiger partial charge is 0.494 e. The Morgan fingerprint density at radius 1 is 1.09 bits per heavy atom. The van der Waals surface area contributed by atoms with E-state index < -0.39 is 0 Å². The van der Waals surface area contributed by atoms with Crippen molar-refractivity contribution in [1.82, 2.24) is 5.32 Å². The molecule has 1 N–H and O–H groups in total. The van der Waals surface area contributed by atoms with Gasteiger partial charge < -0.3 is 10.1 Å². The normalized spacial score (nSPS) is 10.4. The highest BCUT2D eigenvalue weighted by molar-refractivity contribution is 6.35. The Labute approximate surface area is 144 Å². The molecule has 0 fully saturated rings. The third kappa shape index (κ3) is 5.73. The SMILES string of the molecule is O=C(NCCCCOc1ccc(F)cc1)c1cc(Cl)ccc1Cl. The maximum Gasteiger partial charge on any atom is 0.252 e. The lowest BCUT2D eigenvalue weighted by atomic mass is 10.2. The minimum absolute atomic E-state index is 0.253. The summed E-state index contributed by atoms with van der Waals surface area (Å²) in [6.45, 7) is 1.01. The number of unbranched alkanes of at least 4 members (excludes halogenated alkanes) is 1. The molecule has 0 unspecified atom stereocenters. The van der Waals surface area contributed by atoms with Gasteiger partial charge in [0.25, 0.3) is 5.91 Å². The molecule has 0 radical (unpaired) electrons. The van der Waals surface area contributed by atoms with E-state index in [4.69, 9.17) is 27.9 Å². The van der Waals surface area contributed by atoms with E-state index in [0.717, 1.165) is 12.8 Å². The van der Waals surface area contributed by atoms with Crippen LogP contribution in [0.15, 0.2) is 42.5 Å². The van der Waals surface area contributed by atoms with Crippen LogP contribution in [0, 0.1) is 5.82 Å². The molecule has 0 aromatic heterocycles. The van der Waals surface area contributed by atoms with E-state index in [1.807, 2.05) is 0 Å². The standard InChI is InChI=1S/C17H16Cl2FNO2/c18-12-3-8-16(19)15(11-12)17(22)21-9-1-2-10-23-14-6-4-13(20)5-7-14/h3-8,11H,1-2,9-10H2,(H,21,22). The molecular formula is C17H16Cl2FNO2. The van der Waals surface area contributed by atoms with Crippen molar-refractivity contribution in [3.05, 3.63) is 63.9 Å². The molecule has 0 saturated heterocycles. The molecule has 1 amide bonds. The van der Waals surface area contributed by atoms with Crippen molar-refractivity contribution in [1.29, 1.82) is 0 Å². The summed E-state index contributed by atoms with van der Waals surface area (Å²) < 4.78 is 18.2. The van der Waals surface area contributed by atoms with Crippen molar-refractivity contribution >= 4 is 29.1 Å². The first-order valence-electron chi connectivity index (χ1n) is 7.18. The van der Waals surface area contributed by atoms with Crippen LogP contribution in [0.5, 0.6) is 5.75 Å². The van der Waals surface area contributed by atoms with Crippen molar-refractivity contribution in [2.45, 2.75) is 12.8 Å². The van der Waals surface area contributed by atoms with Crippen LogP contribution >= 0.6 is 23.2 Å². The fourth-order valence-corrected chi connectivity index (χ4v) is 2.29. The molecule has 2 rings (SSSR count). The quantitative estimate of drug-likeness (QED) is 0.729. The van der Waals surface area contributed by atoms with Crippen LogP contribution in [0.4, 0.5) is 4.39 Å². The summed E-state index contributed by atoms with van der Waals surface area (Å²) in [5.74, 6) is 0.0813. The zero-order valence-electron chi connectivity index (χ0n) is 12.3. The number of hydrogen-bond donors (Lipinski definition) is 1. The lowest BCUT2D eigenvalue weighted by Crippen LogP contribution is -2.25. The Hall–Kier alpha value is -1.78. The Kier molecular flexibility index (Phi) is 6.68. The lowest BCUT2D eigenvalue weighted by Gasteiger charge is -2.08. The van der Waals surface area contributed by atoms with Gasteiger partial charge in [-0.3, -0.25) is 4.79 Å². The van der Waals surface area contributed by atoms with Crippen LogP contribution in [0.3, 0.4) is 0 Å². The predicted octanol–water partition coefficient (Wildman–Crippen LogP) is 4.72. The topological polar surface area (TPSA) is 38.3 Å². The number of benzene rings is 2. The second-order valence-corrected chi connectivity index (χ2v) is 5.73. The summed E-state index contributed by atoms with van der Waals surface area (Å²) in [5, 5.41) is 3.62. The smallest absolute Gasteiger partial charge is 0.252 e. The average molecular weight is 356 g/mol. The van der Waals surface area contributed by atoms with Crippen LogP contribution in [0.2, 0.25) is 10.0 Å². The molecule has 0 aliphatic rings. The fraction of sp³-hybridized carbons (Fsp3) is 0.235. The van der Waals surface area contributed by atoms with Gasteiger partial charge in [0.15, 0.2) is 0 Å². The molecular weight excluding hydrogens is 340 g/mol. The molecule has 2 aromatic rings. The van der Waals surface area contributed by atoms with Crippen LogP contribution in [-0.4, -0.2) is 19.1 Å². The van der Waals surface area contributed by atoms with E-state index in [9.17, 15) is 9.18 Å². The lowest BCUT2D eigenvalue weighted by molar-refractivity contribution is 0.0952. The van der Waals surface area contributed by atoms with E-state index in [1.165, 1.54) is 18.2 Å². The van der Waals surface area contributed by atoms with Gasteiger partial charge in [0.2, 0.25) is 0 Å². The molecule has 0 aliphatic heterocycles. The van der Waals surface area contributed by atoms with E-state index in [2.05, 4.69) is 5.32 Å². The zero-order chi connectivity index (χ0) is 16.7. The second kappa shape index (κ2) is 8.75. The molecule has 0 heterocycles. The van der Waals surface area contributed by atoms with Gasteiger partial charge in [-0.25, -0.2) is 4.39 Å². The second-order valence-electron chi connectivity index (χ2n) is 4.89. The van der Waals surface area contributed by atoms with Crippen molar-refractivity contribution < 1.29 is 13.9 Å². The van der Waals surface area contributed by atoms with Gasteiger partial charge in [-0.1, -0.05) is 23.2 Å². The number of rotatable bonds is 7. The van der Waals surface area contributed by atoms with Crippen LogP contribution in [0.25, 0.3) is 0 Å². The third-order valence-electron chi connectivity index (χ3n) is 3.11. The summed E-state index contributed by atoms with van der Waals surface area (Å²) in [5.41, 5.74) is 0.363. The molecule has 23 heavy (non-hydrogen) atoms. The zero-order valence-corrected chi connectivity index (χ0v) is 13.8. The molecule has 3 nitrogen and oxygen atoms in total. The summed E-state index contributed by atoms with van der Waals surface area (Å²) >= 11 is 11.8. The molecule has 0 saturated carbocycles. The van der Waals surface area contributed by atoms with E-state index in [1.54, 1.807) is 24.3 Å². The van der Waals surface area contributed by atoms with Gasteiger partial charge in [0, 0.05) is 11.6 Å². The summed E-state index contributed by atoms with van der Waals surface area (Å²) in [4.78, 5) is 12.0. The van der Waals surface area contributed by atoms with Crippen molar-refractivity contribution in [2.24, 2.45) is 0 Å². The minimum Gasteiger partial charge on any atom is -0.494 e. The maximum atomic E-state index is 12.7. The van der Waals surface area contributed by atoms with Crippen LogP contribution in [-0.2, 0) is 0 Å². The molecule has 122 valence electrons. The number of carbonyl (C=O) groups excluding carboxylic acids is 1. The number of nitrogens with one attached hydrogen (secondary N) is 1. The number of ether oxygens (including phenoxy) is 1. The Balaban J connectivity index is 1.66. The highest BCUT2D eigenvalue weighted by Gasteiger charge is 2.10. The number of halogens is 3. The molecule has 0 bridgehead atoms. The molecule has 0 aliphatic carbocycles. The Morgan fingerprint density at radius 2 is 1.83 bits per heavy atom. The summed E-state index contributed by atoms with van der Waals surface area (Å²) in [6, 6.07) is 10.6. The third-order valence-corrected chi connectivity index (χ3v) is 3.68. The molecule has 0 spiro atoms. The van der Waals surface area contributed by atoms with Gasteiger partial charge in [0.1, 0.15) is 11.6 Å². The van der Waals surface area contributed by atoms with Crippen molar-refractivity contribution in [3.8, 4) is 5.75 Å². The van der Waals surface area contributed by atoms with Gasteiger partial charge in [-0.2, -0.15) is 0 Å². The van der Waals surface area contributed by atoms with E-state index >= 15 is 0 Å². The number of carbonyl (C=O) groups is 1. The summed E-state index contributed by atoms with van der Waals surface area (Å²) in [7, 11) is 0. The van der Waals surface area contributed by atoms with Crippen LogP contribution < -0.4 is 10.1 Å². The Bertz CT molecular complexity index is 662. The van der Waals surface area contributed by atoms with Crippen molar-refractivity contribution in [2.75, 3.05) is 13.2 Å². The number of amides is 1. The average Bonchev–Trinajstić information content (AvgIpc) is 2.54. The highest BCUT2D eigenvalue weighted by Crippen LogP contribution is 2.20. The Morgan fingerprint density at radius 3 is 2.57 bits per heavy atom. The highest BCUT2D eigenvalue weighted by atomic mass is 35.5. The molecule has 0 atom stereocenters. The first-order chi connectivity index (χ1) is 11.1. The number of hydrogen-bond acceptors (Lipinski definition) is 2. The maximum absolute atomic E-state index is 12.7. The first kappa shape index (κ1) is 17.6. The molecule has 2 aromatic carbocycles. The van der Waals surface area contributed by atoms with Gasteiger partial charge in [0.05, 0.1) is 17.2 Å². The van der Waals surface area contributed by atoms with Crippen molar-refractivity contribution in [3.63, 3.8) is 0 Å². The minimum atomic E-state index is -0.292. The molecule has 6 heteroatoms. The monoisotopic (exact) mass is 355 g/mol. The first-order valence-corrected chi connectivity index (χ1v) is 7.93. The van der Waals surface area contributed by atoms with Crippen LogP contribution in [0.1, 0.15) is 23.2 Å². The summed E-state index contributed by atoms with van der Waals surface area (Å²) in [6.07, 6.45) is 1.52.